The Balaban J connectivity index is 0.000000150. The molecule has 0 aliphatic carbocycles. The number of rotatable bonds is 6. The van der Waals surface area contributed by atoms with E-state index < -0.39 is 11.7 Å². The van der Waals surface area contributed by atoms with E-state index >= 15 is 13.2 Å². The van der Waals surface area contributed by atoms with Crippen LogP contribution in [0.5, 0.6) is 0 Å². The van der Waals surface area contributed by atoms with Gasteiger partial charge in [-0.2, -0.15) is 29.0 Å². The molecule has 0 radical (unpaired) electrons. The highest BCUT2D eigenvalue weighted by molar-refractivity contribution is 6.14. The van der Waals surface area contributed by atoms with Crippen LogP contribution in [0, 0.1) is 61.7 Å². The monoisotopic (exact) mass is 1170 g/mol. The molecule has 10 heteroatoms. The highest BCUT2D eigenvalue weighted by Gasteiger charge is 2.40. The highest BCUT2D eigenvalue weighted by atomic mass is 19.4. The SMILES string of the molecule is Cc1ccc2c3ccccc3n(-c3ccc(-c4cccc(C#N)c4)c(-n4c5ccccc5c5ccc(C)cc54)c3C#N)c2c1.Cc1ccc2c3ccccc3n(-c3ccc(-c4cccc(C#N)c4)c(-n4c5ccccc5c5ccc(C)cc54)c3C(F)(F)F)c2c1. The number of alkyl halides is 3. The van der Waals surface area contributed by atoms with E-state index in [0.717, 1.165) is 110 Å². The Labute approximate surface area is 516 Å². The molecule has 90 heavy (non-hydrogen) atoms. The molecule has 12 aromatic carbocycles. The van der Waals surface area contributed by atoms with Crippen LogP contribution < -0.4 is 0 Å². The van der Waals surface area contributed by atoms with Crippen molar-refractivity contribution < 1.29 is 13.2 Å². The fraction of sp³-hybridized carbons (Fsp3) is 0.0625. The van der Waals surface area contributed by atoms with Crippen molar-refractivity contribution in [1.82, 2.24) is 18.3 Å². The van der Waals surface area contributed by atoms with Gasteiger partial charge in [0, 0.05) is 54.2 Å². The Kier molecular flexibility index (Phi) is 12.9. The molecule has 428 valence electrons. The van der Waals surface area contributed by atoms with Gasteiger partial charge in [0.1, 0.15) is 17.2 Å². The topological polar surface area (TPSA) is 91.1 Å². The second-order valence-corrected chi connectivity index (χ2v) is 23.2. The van der Waals surface area contributed by atoms with Crippen molar-refractivity contribution in [3.63, 3.8) is 0 Å². The lowest BCUT2D eigenvalue weighted by Crippen LogP contribution is -2.17. The molecule has 0 amide bonds. The van der Waals surface area contributed by atoms with Gasteiger partial charge in [-0.05, 0) is 146 Å². The van der Waals surface area contributed by atoms with E-state index in [4.69, 9.17) is 0 Å². The van der Waals surface area contributed by atoms with Crippen molar-refractivity contribution in [3.05, 3.63) is 287 Å². The van der Waals surface area contributed by atoms with Gasteiger partial charge in [0.2, 0.25) is 0 Å². The summed E-state index contributed by atoms with van der Waals surface area (Å²) in [5, 5.41) is 38.6. The molecule has 7 nitrogen and oxygen atoms in total. The largest absolute Gasteiger partial charge is 0.420 e. The molecule has 4 aromatic heterocycles. The minimum absolute atomic E-state index is 0.0236. The lowest BCUT2D eigenvalue weighted by molar-refractivity contribution is -0.137. The fourth-order valence-electron chi connectivity index (χ4n) is 13.7. The quantitative estimate of drug-likeness (QED) is 0.166. The zero-order valence-corrected chi connectivity index (χ0v) is 49.4. The van der Waals surface area contributed by atoms with Crippen LogP contribution in [0.4, 0.5) is 13.2 Å². The number of benzene rings is 12. The Bertz CT molecular complexity index is 5830. The first-order valence-corrected chi connectivity index (χ1v) is 29.6. The minimum atomic E-state index is -4.75. The van der Waals surface area contributed by atoms with E-state index in [1.807, 2.05) is 129 Å². The number of nitriles is 3. The van der Waals surface area contributed by atoms with Gasteiger partial charge in [0.15, 0.2) is 0 Å². The van der Waals surface area contributed by atoms with E-state index in [-0.39, 0.29) is 11.4 Å². The van der Waals surface area contributed by atoms with E-state index in [2.05, 4.69) is 132 Å². The number of aromatic nitrogens is 4. The van der Waals surface area contributed by atoms with Crippen LogP contribution in [0.25, 0.3) is 132 Å². The van der Waals surface area contributed by atoms with Crippen molar-refractivity contribution in [1.29, 1.82) is 15.8 Å². The normalized spacial score (nSPS) is 11.7. The van der Waals surface area contributed by atoms with Gasteiger partial charge in [-0.15, -0.1) is 0 Å². The molecular weight excluding hydrogens is 1120 g/mol. The van der Waals surface area contributed by atoms with Gasteiger partial charge in [-0.25, -0.2) is 0 Å². The zero-order chi connectivity index (χ0) is 61.7. The summed E-state index contributed by atoms with van der Waals surface area (Å²) in [4.78, 5) is 0. The van der Waals surface area contributed by atoms with Crippen LogP contribution in [-0.4, -0.2) is 18.3 Å². The number of nitrogens with zero attached hydrogens (tertiary/aromatic N) is 7. The maximum absolute atomic E-state index is 16.0. The Hall–Kier alpha value is -11.9. The Morgan fingerprint density at radius 2 is 0.633 bits per heavy atom. The first kappa shape index (κ1) is 54.7. The summed E-state index contributed by atoms with van der Waals surface area (Å²) >= 11 is 0. The minimum Gasteiger partial charge on any atom is -0.309 e. The van der Waals surface area contributed by atoms with Crippen molar-refractivity contribution in [2.24, 2.45) is 0 Å². The molecule has 0 fully saturated rings. The van der Waals surface area contributed by atoms with Gasteiger partial charge in [0.05, 0.1) is 90.1 Å². The maximum Gasteiger partial charge on any atom is 0.420 e. The molecule has 0 spiro atoms. The van der Waals surface area contributed by atoms with E-state index in [9.17, 15) is 15.8 Å². The summed E-state index contributed by atoms with van der Waals surface area (Å²) in [6.07, 6.45) is -4.75. The average molecular weight is 1170 g/mol. The number of hydrogen-bond acceptors (Lipinski definition) is 3. The predicted octanol–water partition coefficient (Wildman–Crippen LogP) is 21.0. The van der Waals surface area contributed by atoms with Crippen molar-refractivity contribution in [3.8, 4) is 63.2 Å². The molecule has 0 atom stereocenters. The van der Waals surface area contributed by atoms with Gasteiger partial charge < -0.3 is 18.3 Å². The molecule has 0 unspecified atom stereocenters. The number of hydrogen-bond donors (Lipinski definition) is 0. The zero-order valence-electron chi connectivity index (χ0n) is 49.4. The maximum atomic E-state index is 16.0. The highest BCUT2D eigenvalue weighted by Crippen LogP contribution is 2.49. The molecule has 4 heterocycles. The van der Waals surface area contributed by atoms with Crippen LogP contribution in [0.15, 0.2) is 243 Å². The van der Waals surface area contributed by atoms with Gasteiger partial charge in [-0.1, -0.05) is 158 Å². The third-order valence-corrected chi connectivity index (χ3v) is 17.6. The third-order valence-electron chi connectivity index (χ3n) is 17.6. The summed E-state index contributed by atoms with van der Waals surface area (Å²) in [5.41, 5.74) is 16.2. The van der Waals surface area contributed by atoms with Gasteiger partial charge in [0.25, 0.3) is 0 Å². The summed E-state index contributed by atoms with van der Waals surface area (Å²) in [6, 6.07) is 85.8. The first-order chi connectivity index (χ1) is 43.8. The van der Waals surface area contributed by atoms with Crippen LogP contribution in [-0.2, 0) is 6.18 Å². The summed E-state index contributed by atoms with van der Waals surface area (Å²) in [6.45, 7) is 8.09. The van der Waals surface area contributed by atoms with Crippen LogP contribution in [0.3, 0.4) is 0 Å². The number of para-hydroxylation sites is 4. The molecule has 0 bridgehead atoms. The lowest BCUT2D eigenvalue weighted by Gasteiger charge is -2.24. The van der Waals surface area contributed by atoms with E-state index in [1.165, 1.54) is 0 Å². The van der Waals surface area contributed by atoms with Crippen LogP contribution in [0.2, 0.25) is 0 Å². The van der Waals surface area contributed by atoms with Crippen molar-refractivity contribution in [2.45, 2.75) is 33.9 Å². The average Bonchev–Trinajstić information content (AvgIpc) is 1.51. The van der Waals surface area contributed by atoms with E-state index in [1.54, 1.807) is 45.5 Å². The standard InChI is InChI=1S/C40H26F3N3.C40H26N4/c1-24-14-16-31-29-10-3-5-12-33(29)45(36(31)20-24)35-19-18-28(27-9-7-8-26(22-27)23-44)39(38(35)40(41,42)43)46-34-13-6-4-11-30(34)32-17-15-25(2)21-37(32)46;1-25-14-16-32-30-10-3-5-12-35(30)43(38(32)20-25)37-19-18-29(28-9-7-8-27(22-28)23-41)40(34(37)24-42)44-36-13-6-4-11-31(36)33-17-15-26(2)21-39(33)44/h3-22H,1-2H3;3-22H,1-2H3. The molecule has 0 N–H and O–H groups in total. The number of aryl methyl sites for hydroxylation is 4. The third kappa shape index (κ3) is 8.70. The summed E-state index contributed by atoms with van der Waals surface area (Å²) < 4.78 is 56.0. The predicted molar refractivity (Wildman–Crippen MR) is 359 cm³/mol. The molecule has 16 rings (SSSR count). The second-order valence-electron chi connectivity index (χ2n) is 23.2. The lowest BCUT2D eigenvalue weighted by atomic mass is 9.96. The van der Waals surface area contributed by atoms with Gasteiger partial charge in [-0.3, -0.25) is 0 Å². The molecule has 0 saturated heterocycles. The smallest absolute Gasteiger partial charge is 0.309 e. The Morgan fingerprint density at radius 1 is 0.300 bits per heavy atom. The van der Waals surface area contributed by atoms with Gasteiger partial charge >= 0.3 is 6.18 Å². The first-order valence-electron chi connectivity index (χ1n) is 29.6. The van der Waals surface area contributed by atoms with Crippen LogP contribution >= 0.6 is 0 Å². The number of halogens is 3. The number of fused-ring (bicyclic) bond motifs is 12. The summed E-state index contributed by atoms with van der Waals surface area (Å²) in [5.74, 6) is 0. The Morgan fingerprint density at radius 3 is 1.02 bits per heavy atom. The molecule has 16 aromatic rings. The van der Waals surface area contributed by atoms with Crippen molar-refractivity contribution in [2.75, 3.05) is 0 Å². The molecule has 0 aliphatic heterocycles. The molecule has 0 aliphatic rings. The van der Waals surface area contributed by atoms with E-state index in [0.29, 0.717) is 49.9 Å². The van der Waals surface area contributed by atoms with Crippen LogP contribution in [0.1, 0.15) is 44.5 Å². The molecule has 0 saturated carbocycles. The molecular formula is C80H52F3N7. The summed E-state index contributed by atoms with van der Waals surface area (Å²) in [7, 11) is 0. The van der Waals surface area contributed by atoms with Crippen molar-refractivity contribution >= 4 is 87.2 Å². The fourth-order valence-corrected chi connectivity index (χ4v) is 13.7. The second kappa shape index (κ2) is 21.2.